The average Bonchev–Trinajstić information content (AvgIpc) is 2.69. The van der Waals surface area contributed by atoms with E-state index in [2.05, 4.69) is 10.6 Å². The maximum absolute atomic E-state index is 12.6. The van der Waals surface area contributed by atoms with Crippen LogP contribution in [0.3, 0.4) is 0 Å². The number of ether oxygens (including phenoxy) is 1. The summed E-state index contributed by atoms with van der Waals surface area (Å²) in [6, 6.07) is 21.4. The van der Waals surface area contributed by atoms with Crippen molar-refractivity contribution < 1.29 is 14.3 Å². The number of hydrogen-bond donors (Lipinski definition) is 2. The fourth-order valence-corrected chi connectivity index (χ4v) is 2.82. The SMILES string of the molecule is Cc1cccc(NC(=O)c2ccc(C(=O)Nc3ccccc3OC(C)C)cc2)c1. The van der Waals surface area contributed by atoms with E-state index in [1.54, 1.807) is 30.3 Å². The molecule has 0 atom stereocenters. The number of anilines is 2. The monoisotopic (exact) mass is 388 g/mol. The maximum atomic E-state index is 12.6. The molecule has 5 heteroatoms. The van der Waals surface area contributed by atoms with Crippen LogP contribution in [0, 0.1) is 6.92 Å². The third-order valence-corrected chi connectivity index (χ3v) is 4.18. The first-order valence-corrected chi connectivity index (χ1v) is 9.47. The van der Waals surface area contributed by atoms with E-state index in [1.807, 2.05) is 63.2 Å². The lowest BCUT2D eigenvalue weighted by Gasteiger charge is -2.15. The Balaban J connectivity index is 1.68. The first-order valence-electron chi connectivity index (χ1n) is 9.47. The number of nitrogens with one attached hydrogen (secondary N) is 2. The fourth-order valence-electron chi connectivity index (χ4n) is 2.82. The topological polar surface area (TPSA) is 67.4 Å². The van der Waals surface area contributed by atoms with E-state index in [4.69, 9.17) is 4.74 Å². The van der Waals surface area contributed by atoms with Gasteiger partial charge in [0.25, 0.3) is 11.8 Å². The number of rotatable bonds is 6. The second-order valence-corrected chi connectivity index (χ2v) is 7.02. The molecule has 29 heavy (non-hydrogen) atoms. The highest BCUT2D eigenvalue weighted by molar-refractivity contribution is 6.07. The summed E-state index contributed by atoms with van der Waals surface area (Å²) < 4.78 is 5.73. The Bertz CT molecular complexity index is 1010. The summed E-state index contributed by atoms with van der Waals surface area (Å²) >= 11 is 0. The molecular formula is C24H24N2O3. The van der Waals surface area contributed by atoms with Crippen LogP contribution in [-0.2, 0) is 0 Å². The third kappa shape index (κ3) is 5.45. The minimum Gasteiger partial charge on any atom is -0.489 e. The lowest BCUT2D eigenvalue weighted by Crippen LogP contribution is -2.15. The van der Waals surface area contributed by atoms with Crippen molar-refractivity contribution in [2.45, 2.75) is 26.9 Å². The number of para-hydroxylation sites is 2. The molecule has 148 valence electrons. The zero-order valence-corrected chi connectivity index (χ0v) is 16.7. The Hall–Kier alpha value is -3.60. The van der Waals surface area contributed by atoms with E-state index in [9.17, 15) is 9.59 Å². The summed E-state index contributed by atoms with van der Waals surface area (Å²) in [6.07, 6.45) is -0.000694. The van der Waals surface area contributed by atoms with Crippen LogP contribution in [0.15, 0.2) is 72.8 Å². The van der Waals surface area contributed by atoms with Gasteiger partial charge in [-0.3, -0.25) is 9.59 Å². The van der Waals surface area contributed by atoms with Crippen molar-refractivity contribution >= 4 is 23.2 Å². The highest BCUT2D eigenvalue weighted by Crippen LogP contribution is 2.25. The molecule has 0 heterocycles. The van der Waals surface area contributed by atoms with E-state index in [1.165, 1.54) is 0 Å². The summed E-state index contributed by atoms with van der Waals surface area (Å²) in [5.74, 6) is 0.124. The van der Waals surface area contributed by atoms with Crippen molar-refractivity contribution in [3.8, 4) is 5.75 Å². The molecule has 0 radical (unpaired) electrons. The molecular weight excluding hydrogens is 364 g/mol. The predicted molar refractivity (Wildman–Crippen MR) is 116 cm³/mol. The molecule has 3 aromatic carbocycles. The van der Waals surface area contributed by atoms with Crippen molar-refractivity contribution in [2.24, 2.45) is 0 Å². The Kier molecular flexibility index (Phi) is 6.29. The molecule has 0 aliphatic carbocycles. The molecule has 0 saturated carbocycles. The minimum atomic E-state index is -0.268. The first kappa shape index (κ1) is 20.1. The van der Waals surface area contributed by atoms with Gasteiger partial charge in [0, 0.05) is 16.8 Å². The zero-order chi connectivity index (χ0) is 20.8. The molecule has 0 saturated heterocycles. The third-order valence-electron chi connectivity index (χ3n) is 4.18. The van der Waals surface area contributed by atoms with Crippen LogP contribution in [-0.4, -0.2) is 17.9 Å². The summed E-state index contributed by atoms with van der Waals surface area (Å²) in [6.45, 7) is 5.83. The number of carbonyl (C=O) groups excluding carboxylic acids is 2. The largest absolute Gasteiger partial charge is 0.489 e. The second kappa shape index (κ2) is 9.06. The number of hydrogen-bond acceptors (Lipinski definition) is 3. The Morgan fingerprint density at radius 1 is 0.793 bits per heavy atom. The molecule has 0 aliphatic rings. The minimum absolute atomic E-state index is 0.000694. The van der Waals surface area contributed by atoms with Gasteiger partial charge >= 0.3 is 0 Å². The number of carbonyl (C=O) groups is 2. The van der Waals surface area contributed by atoms with E-state index in [0.717, 1.165) is 11.3 Å². The molecule has 0 bridgehead atoms. The molecule has 2 amide bonds. The Labute approximate surface area is 170 Å². The molecule has 0 spiro atoms. The van der Waals surface area contributed by atoms with Crippen LogP contribution in [0.5, 0.6) is 5.75 Å². The van der Waals surface area contributed by atoms with Crippen LogP contribution in [0.1, 0.15) is 40.1 Å². The number of aryl methyl sites for hydroxylation is 1. The smallest absolute Gasteiger partial charge is 0.255 e. The van der Waals surface area contributed by atoms with Gasteiger partial charge in [0.2, 0.25) is 0 Å². The highest BCUT2D eigenvalue weighted by atomic mass is 16.5. The van der Waals surface area contributed by atoms with Crippen molar-refractivity contribution in [3.63, 3.8) is 0 Å². The number of benzene rings is 3. The molecule has 5 nitrogen and oxygen atoms in total. The van der Waals surface area contributed by atoms with Crippen molar-refractivity contribution in [2.75, 3.05) is 10.6 Å². The van der Waals surface area contributed by atoms with Gasteiger partial charge in [-0.2, -0.15) is 0 Å². The molecule has 0 fully saturated rings. The second-order valence-electron chi connectivity index (χ2n) is 7.02. The molecule has 2 N–H and O–H groups in total. The van der Waals surface area contributed by atoms with Gasteiger partial charge in [-0.1, -0.05) is 24.3 Å². The summed E-state index contributed by atoms with van der Waals surface area (Å²) in [5.41, 5.74) is 3.34. The highest BCUT2D eigenvalue weighted by Gasteiger charge is 2.12. The van der Waals surface area contributed by atoms with Crippen molar-refractivity contribution in [3.05, 3.63) is 89.5 Å². The summed E-state index contributed by atoms with van der Waals surface area (Å²) in [4.78, 5) is 25.0. The first-order chi connectivity index (χ1) is 13.9. The van der Waals surface area contributed by atoms with E-state index in [0.29, 0.717) is 22.6 Å². The van der Waals surface area contributed by atoms with Gasteiger partial charge in [0.1, 0.15) is 5.75 Å². The van der Waals surface area contributed by atoms with Crippen LogP contribution in [0.2, 0.25) is 0 Å². The molecule has 3 aromatic rings. The quantitative estimate of drug-likeness (QED) is 0.603. The normalized spacial score (nSPS) is 10.5. The van der Waals surface area contributed by atoms with Crippen molar-refractivity contribution in [1.82, 2.24) is 0 Å². The van der Waals surface area contributed by atoms with Crippen LogP contribution >= 0.6 is 0 Å². The maximum Gasteiger partial charge on any atom is 0.255 e. The lowest BCUT2D eigenvalue weighted by molar-refractivity contribution is 0.101. The fraction of sp³-hybridized carbons (Fsp3) is 0.167. The van der Waals surface area contributed by atoms with Gasteiger partial charge in [-0.15, -0.1) is 0 Å². The van der Waals surface area contributed by atoms with E-state index >= 15 is 0 Å². The van der Waals surface area contributed by atoms with Gasteiger partial charge in [0.15, 0.2) is 0 Å². The zero-order valence-electron chi connectivity index (χ0n) is 16.7. The van der Waals surface area contributed by atoms with Crippen LogP contribution in [0.25, 0.3) is 0 Å². The average molecular weight is 388 g/mol. The summed E-state index contributed by atoms with van der Waals surface area (Å²) in [5, 5.41) is 5.72. The summed E-state index contributed by atoms with van der Waals surface area (Å²) in [7, 11) is 0. The number of amides is 2. The van der Waals surface area contributed by atoms with Crippen LogP contribution in [0.4, 0.5) is 11.4 Å². The standard InChI is InChI=1S/C24H24N2O3/c1-16(2)29-22-10-5-4-9-21(22)26-24(28)19-13-11-18(12-14-19)23(27)25-20-8-6-7-17(3)15-20/h4-16H,1-3H3,(H,25,27)(H,26,28). The van der Waals surface area contributed by atoms with Gasteiger partial charge in [-0.25, -0.2) is 0 Å². The van der Waals surface area contributed by atoms with E-state index < -0.39 is 0 Å². The van der Waals surface area contributed by atoms with Gasteiger partial charge < -0.3 is 15.4 Å². The Morgan fingerprint density at radius 3 is 2.03 bits per heavy atom. The van der Waals surface area contributed by atoms with Crippen LogP contribution < -0.4 is 15.4 Å². The molecule has 0 aromatic heterocycles. The predicted octanol–water partition coefficient (Wildman–Crippen LogP) is 5.29. The molecule has 0 aliphatic heterocycles. The molecule has 3 rings (SSSR count). The van der Waals surface area contributed by atoms with Gasteiger partial charge in [0.05, 0.1) is 11.8 Å². The lowest BCUT2D eigenvalue weighted by atomic mass is 10.1. The molecule has 0 unspecified atom stereocenters. The Morgan fingerprint density at radius 2 is 1.41 bits per heavy atom. The van der Waals surface area contributed by atoms with Crippen molar-refractivity contribution in [1.29, 1.82) is 0 Å². The van der Waals surface area contributed by atoms with Gasteiger partial charge in [-0.05, 0) is 74.9 Å². The van der Waals surface area contributed by atoms with E-state index in [-0.39, 0.29) is 17.9 Å².